The molecule has 2 rings (SSSR count). The summed E-state index contributed by atoms with van der Waals surface area (Å²) in [6.07, 6.45) is 0. The molecular weight excluding hydrogens is 242 g/mol. The normalized spacial score (nSPS) is 10.9. The molecule has 0 unspecified atom stereocenters. The van der Waals surface area contributed by atoms with Crippen molar-refractivity contribution in [3.63, 3.8) is 0 Å². The summed E-state index contributed by atoms with van der Waals surface area (Å²) in [5.74, 6) is 0.796. The van der Waals surface area contributed by atoms with Crippen molar-refractivity contribution in [3.05, 3.63) is 35.2 Å². The van der Waals surface area contributed by atoms with E-state index in [-0.39, 0.29) is 0 Å². The molecule has 1 heterocycles. The summed E-state index contributed by atoms with van der Waals surface area (Å²) in [5, 5.41) is 15.1. The van der Waals surface area contributed by atoms with Crippen molar-refractivity contribution >= 4 is 0 Å². The van der Waals surface area contributed by atoms with E-state index in [2.05, 4.69) is 40.8 Å². The third-order valence-electron chi connectivity index (χ3n) is 3.10. The predicted molar refractivity (Wildman–Crippen MR) is 72.2 cm³/mol. The predicted octanol–water partition coefficient (Wildman–Crippen LogP) is 1.02. The summed E-state index contributed by atoms with van der Waals surface area (Å²) in [6.45, 7) is 6.22. The monoisotopic (exact) mass is 261 g/mol. The molecule has 0 atom stereocenters. The molecule has 0 aliphatic heterocycles. The first kappa shape index (κ1) is 13.6. The van der Waals surface area contributed by atoms with Crippen molar-refractivity contribution in [2.75, 3.05) is 20.3 Å². The van der Waals surface area contributed by atoms with E-state index >= 15 is 0 Å². The molecule has 19 heavy (non-hydrogen) atoms. The number of aromatic nitrogens is 4. The highest BCUT2D eigenvalue weighted by Crippen LogP contribution is 2.17. The number of nitrogens with one attached hydrogen (secondary N) is 1. The smallest absolute Gasteiger partial charge is 0.170 e. The zero-order valence-electron chi connectivity index (χ0n) is 11.6. The molecule has 6 heteroatoms. The van der Waals surface area contributed by atoms with Gasteiger partial charge in [-0.3, -0.25) is 0 Å². The molecule has 0 aliphatic carbocycles. The molecule has 0 aliphatic rings. The van der Waals surface area contributed by atoms with Crippen LogP contribution in [-0.2, 0) is 11.3 Å². The van der Waals surface area contributed by atoms with Crippen molar-refractivity contribution in [2.45, 2.75) is 20.4 Å². The number of rotatable bonds is 6. The van der Waals surface area contributed by atoms with Crippen molar-refractivity contribution < 1.29 is 4.74 Å². The fourth-order valence-corrected chi connectivity index (χ4v) is 1.84. The van der Waals surface area contributed by atoms with Gasteiger partial charge in [-0.2, -0.15) is 4.68 Å². The lowest BCUT2D eigenvalue weighted by atomic mass is 10.1. The molecule has 102 valence electrons. The van der Waals surface area contributed by atoms with E-state index in [9.17, 15) is 0 Å². The first-order chi connectivity index (χ1) is 9.24. The lowest BCUT2D eigenvalue weighted by Crippen LogP contribution is -2.21. The van der Waals surface area contributed by atoms with Crippen molar-refractivity contribution in [3.8, 4) is 5.69 Å². The SMILES string of the molecule is COCCNCc1nnnn1-c1cccc(C)c1C. The highest BCUT2D eigenvalue weighted by Gasteiger charge is 2.10. The minimum Gasteiger partial charge on any atom is -0.383 e. The fraction of sp³-hybridized carbons (Fsp3) is 0.462. The minimum atomic E-state index is 0.615. The Labute approximate surface area is 112 Å². The summed E-state index contributed by atoms with van der Waals surface area (Å²) in [4.78, 5) is 0. The van der Waals surface area contributed by atoms with Crippen molar-refractivity contribution in [1.29, 1.82) is 0 Å². The van der Waals surface area contributed by atoms with Gasteiger partial charge in [-0.1, -0.05) is 12.1 Å². The summed E-state index contributed by atoms with van der Waals surface area (Å²) in [7, 11) is 1.68. The van der Waals surface area contributed by atoms with E-state index in [0.717, 1.165) is 18.1 Å². The second-order valence-corrected chi connectivity index (χ2v) is 4.40. The Morgan fingerprint density at radius 2 is 2.16 bits per heavy atom. The van der Waals surface area contributed by atoms with E-state index in [1.54, 1.807) is 11.8 Å². The number of hydrogen-bond donors (Lipinski definition) is 1. The van der Waals surface area contributed by atoms with Crippen LogP contribution >= 0.6 is 0 Å². The van der Waals surface area contributed by atoms with Gasteiger partial charge in [0.15, 0.2) is 5.82 Å². The van der Waals surface area contributed by atoms with E-state index in [1.165, 1.54) is 11.1 Å². The van der Waals surface area contributed by atoms with Crippen molar-refractivity contribution in [1.82, 2.24) is 25.5 Å². The Hall–Kier alpha value is -1.79. The summed E-state index contributed by atoms with van der Waals surface area (Å²) >= 11 is 0. The number of nitrogens with zero attached hydrogens (tertiary/aromatic N) is 4. The molecule has 0 amide bonds. The number of aryl methyl sites for hydroxylation is 1. The zero-order valence-corrected chi connectivity index (χ0v) is 11.6. The van der Waals surface area contributed by atoms with Gasteiger partial charge in [-0.25, -0.2) is 0 Å². The largest absolute Gasteiger partial charge is 0.383 e. The van der Waals surface area contributed by atoms with E-state index in [4.69, 9.17) is 4.74 Å². The Kier molecular flexibility index (Phi) is 4.59. The molecule has 0 saturated heterocycles. The summed E-state index contributed by atoms with van der Waals surface area (Å²) < 4.78 is 6.77. The standard InChI is InChI=1S/C13H19N5O/c1-10-5-4-6-12(11(10)2)18-13(15-16-17-18)9-14-7-8-19-3/h4-6,14H,7-9H2,1-3H3. The molecule has 0 fully saturated rings. The van der Waals surface area contributed by atoms with Gasteiger partial charge in [0.2, 0.25) is 0 Å². The van der Waals surface area contributed by atoms with Gasteiger partial charge < -0.3 is 10.1 Å². The molecule has 1 aromatic heterocycles. The molecule has 1 N–H and O–H groups in total. The van der Waals surface area contributed by atoms with Gasteiger partial charge in [0.25, 0.3) is 0 Å². The first-order valence-corrected chi connectivity index (χ1v) is 6.27. The Morgan fingerprint density at radius 3 is 2.95 bits per heavy atom. The minimum absolute atomic E-state index is 0.615. The Bertz CT molecular complexity index is 538. The highest BCUT2D eigenvalue weighted by molar-refractivity contribution is 5.44. The molecule has 2 aromatic rings. The Balaban J connectivity index is 2.17. The third-order valence-corrected chi connectivity index (χ3v) is 3.10. The zero-order chi connectivity index (χ0) is 13.7. The van der Waals surface area contributed by atoms with Crippen LogP contribution in [0.2, 0.25) is 0 Å². The number of tetrazole rings is 1. The van der Waals surface area contributed by atoms with Crippen LogP contribution in [0, 0.1) is 13.8 Å². The fourth-order valence-electron chi connectivity index (χ4n) is 1.84. The summed E-state index contributed by atoms with van der Waals surface area (Å²) in [5.41, 5.74) is 3.44. The average Bonchev–Trinajstić information content (AvgIpc) is 2.86. The van der Waals surface area contributed by atoms with Crippen LogP contribution in [-0.4, -0.2) is 40.5 Å². The van der Waals surface area contributed by atoms with E-state index in [0.29, 0.717) is 13.2 Å². The second-order valence-electron chi connectivity index (χ2n) is 4.40. The number of benzene rings is 1. The van der Waals surface area contributed by atoms with Crippen LogP contribution in [0.3, 0.4) is 0 Å². The van der Waals surface area contributed by atoms with E-state index in [1.807, 2.05) is 12.1 Å². The van der Waals surface area contributed by atoms with Crippen LogP contribution in [0.4, 0.5) is 0 Å². The molecule has 0 bridgehead atoms. The van der Waals surface area contributed by atoms with Crippen molar-refractivity contribution in [2.24, 2.45) is 0 Å². The van der Waals surface area contributed by atoms with Crippen LogP contribution in [0.25, 0.3) is 5.69 Å². The molecular formula is C13H19N5O. The molecule has 0 spiro atoms. The lowest BCUT2D eigenvalue weighted by Gasteiger charge is -2.10. The maximum atomic E-state index is 4.99. The van der Waals surface area contributed by atoms with Crippen LogP contribution in [0.5, 0.6) is 0 Å². The van der Waals surface area contributed by atoms with Crippen LogP contribution in [0.1, 0.15) is 17.0 Å². The maximum absolute atomic E-state index is 4.99. The number of methoxy groups -OCH3 is 1. The van der Waals surface area contributed by atoms with Crippen LogP contribution in [0.15, 0.2) is 18.2 Å². The van der Waals surface area contributed by atoms with E-state index < -0.39 is 0 Å². The molecule has 0 radical (unpaired) electrons. The Morgan fingerprint density at radius 1 is 1.32 bits per heavy atom. The lowest BCUT2D eigenvalue weighted by molar-refractivity contribution is 0.199. The van der Waals surface area contributed by atoms with Gasteiger partial charge in [0, 0.05) is 13.7 Å². The highest BCUT2D eigenvalue weighted by atomic mass is 16.5. The van der Waals surface area contributed by atoms with Gasteiger partial charge in [-0.05, 0) is 41.5 Å². The quantitative estimate of drug-likeness (QED) is 0.786. The second kappa shape index (κ2) is 6.40. The topological polar surface area (TPSA) is 64.9 Å². The number of ether oxygens (including phenoxy) is 1. The van der Waals surface area contributed by atoms with Gasteiger partial charge >= 0.3 is 0 Å². The van der Waals surface area contributed by atoms with Gasteiger partial charge in [0.05, 0.1) is 18.8 Å². The number of hydrogen-bond acceptors (Lipinski definition) is 5. The van der Waals surface area contributed by atoms with Gasteiger partial charge in [0.1, 0.15) is 0 Å². The third kappa shape index (κ3) is 3.15. The summed E-state index contributed by atoms with van der Waals surface area (Å²) in [6, 6.07) is 6.12. The average molecular weight is 261 g/mol. The first-order valence-electron chi connectivity index (χ1n) is 6.27. The molecule has 6 nitrogen and oxygen atoms in total. The molecule has 1 aromatic carbocycles. The molecule has 0 saturated carbocycles. The van der Waals surface area contributed by atoms with Crippen LogP contribution < -0.4 is 5.32 Å². The maximum Gasteiger partial charge on any atom is 0.170 e. The van der Waals surface area contributed by atoms with Gasteiger partial charge in [-0.15, -0.1) is 5.10 Å².